The molecule has 0 aromatic carbocycles. The van der Waals surface area contributed by atoms with E-state index in [1.807, 2.05) is 12.1 Å². The van der Waals surface area contributed by atoms with Crippen LogP contribution in [0.25, 0.3) is 11.4 Å². The van der Waals surface area contributed by atoms with Gasteiger partial charge in [-0.3, -0.25) is 0 Å². The fourth-order valence-corrected chi connectivity index (χ4v) is 4.66. The van der Waals surface area contributed by atoms with Crippen molar-refractivity contribution in [1.29, 1.82) is 0 Å². The van der Waals surface area contributed by atoms with Crippen LogP contribution in [0.4, 0.5) is 11.8 Å². The Labute approximate surface area is 196 Å². The number of aromatic nitrogens is 4. The van der Waals surface area contributed by atoms with Crippen LogP contribution in [0.5, 0.6) is 0 Å². The van der Waals surface area contributed by atoms with E-state index in [4.69, 9.17) is 9.47 Å². The number of nitrogens with one attached hydrogen (secondary N) is 3. The first-order valence-corrected chi connectivity index (χ1v) is 12.2. The average Bonchev–Trinajstić information content (AvgIpc) is 2.85. The van der Waals surface area contributed by atoms with Crippen molar-refractivity contribution in [2.75, 3.05) is 44.1 Å². The van der Waals surface area contributed by atoms with Gasteiger partial charge in [0.05, 0.1) is 18.0 Å². The Bertz CT molecular complexity index is 854. The van der Waals surface area contributed by atoms with Crippen LogP contribution >= 0.6 is 0 Å². The minimum atomic E-state index is 0.387. The van der Waals surface area contributed by atoms with Crippen molar-refractivity contribution in [1.82, 2.24) is 25.3 Å². The van der Waals surface area contributed by atoms with E-state index in [9.17, 15) is 0 Å². The average molecular weight is 456 g/mol. The second-order valence-electron chi connectivity index (χ2n) is 9.21. The molecule has 33 heavy (non-hydrogen) atoms. The molecule has 0 radical (unpaired) electrons. The molecule has 0 unspecified atom stereocenters. The molecule has 0 bridgehead atoms. The van der Waals surface area contributed by atoms with E-state index in [1.54, 1.807) is 19.6 Å². The highest BCUT2D eigenvalue weighted by Gasteiger charge is 2.22. The monoisotopic (exact) mass is 455 g/mol. The lowest BCUT2D eigenvalue weighted by Gasteiger charge is -2.31. The first-order valence-electron chi connectivity index (χ1n) is 12.2. The minimum absolute atomic E-state index is 0.387. The van der Waals surface area contributed by atoms with Gasteiger partial charge in [-0.2, -0.15) is 0 Å². The van der Waals surface area contributed by atoms with E-state index in [1.165, 1.54) is 0 Å². The van der Waals surface area contributed by atoms with Gasteiger partial charge >= 0.3 is 0 Å². The van der Waals surface area contributed by atoms with E-state index < -0.39 is 0 Å². The van der Waals surface area contributed by atoms with Crippen LogP contribution in [0, 0.1) is 5.92 Å². The fraction of sp³-hybridized carbons (Fsp3) is 0.667. The highest BCUT2D eigenvalue weighted by atomic mass is 16.5. The zero-order valence-corrected chi connectivity index (χ0v) is 19.8. The zero-order valence-electron chi connectivity index (χ0n) is 19.8. The number of anilines is 2. The van der Waals surface area contributed by atoms with E-state index in [0.29, 0.717) is 30.0 Å². The predicted molar refractivity (Wildman–Crippen MR) is 129 cm³/mol. The van der Waals surface area contributed by atoms with Gasteiger partial charge < -0.3 is 25.4 Å². The number of hydrogen-bond acceptors (Lipinski definition) is 9. The summed E-state index contributed by atoms with van der Waals surface area (Å²) in [5.41, 5.74) is 1.60. The van der Waals surface area contributed by atoms with Crippen LogP contribution in [0.3, 0.4) is 0 Å². The Hall–Kier alpha value is -2.36. The van der Waals surface area contributed by atoms with Gasteiger partial charge in [0.2, 0.25) is 5.95 Å². The third-order valence-corrected chi connectivity index (χ3v) is 6.49. The molecule has 2 aromatic heterocycles. The fourth-order valence-electron chi connectivity index (χ4n) is 4.66. The van der Waals surface area contributed by atoms with Crippen LogP contribution in [-0.4, -0.2) is 71.5 Å². The summed E-state index contributed by atoms with van der Waals surface area (Å²) in [5, 5.41) is 10.6. The smallest absolute Gasteiger partial charge is 0.223 e. The van der Waals surface area contributed by atoms with E-state index in [2.05, 4.69) is 42.8 Å². The maximum Gasteiger partial charge on any atom is 0.223 e. The summed E-state index contributed by atoms with van der Waals surface area (Å²) < 4.78 is 10.7. The molecule has 3 N–H and O–H groups in total. The maximum atomic E-state index is 5.44. The molecule has 1 saturated heterocycles. The summed E-state index contributed by atoms with van der Waals surface area (Å²) in [7, 11) is 1.75. The summed E-state index contributed by atoms with van der Waals surface area (Å²) in [6.07, 6.45) is 10.1. The van der Waals surface area contributed by atoms with Crippen molar-refractivity contribution in [2.45, 2.75) is 63.6 Å². The Balaban J connectivity index is 1.30. The molecule has 1 atom stereocenters. The molecule has 1 aliphatic heterocycles. The van der Waals surface area contributed by atoms with Gasteiger partial charge in [0.1, 0.15) is 12.1 Å². The highest BCUT2D eigenvalue weighted by molar-refractivity contribution is 5.59. The standard InChI is InChI=1S/C24H37N7O2/c1-17(15-32-2)29-19-3-5-20(6-4-19)30-23-13-22(27-16-28-23)21-7-10-25-24(31-21)26-14-18-8-11-33-12-9-18/h7,10,13,16-20,29H,3-6,8-9,11-12,14-15H2,1-2H3,(H,25,26,31)(H,27,28,30)/t17-,19?,20?/m1/s1. The molecule has 1 saturated carbocycles. The predicted octanol–water partition coefficient (Wildman–Crippen LogP) is 3.12. The third-order valence-electron chi connectivity index (χ3n) is 6.49. The largest absolute Gasteiger partial charge is 0.383 e. The first-order chi connectivity index (χ1) is 16.2. The van der Waals surface area contributed by atoms with Crippen LogP contribution in [0.15, 0.2) is 24.7 Å². The number of methoxy groups -OCH3 is 1. The quantitative estimate of drug-likeness (QED) is 0.498. The SMILES string of the molecule is COC[C@@H](C)NC1CCC(Nc2cc(-c3ccnc(NCC4CCOCC4)n3)ncn2)CC1. The molecule has 180 valence electrons. The maximum absolute atomic E-state index is 5.44. The minimum Gasteiger partial charge on any atom is -0.383 e. The summed E-state index contributed by atoms with van der Waals surface area (Å²) in [6, 6.07) is 5.24. The van der Waals surface area contributed by atoms with Gasteiger partial charge in [-0.05, 0) is 57.4 Å². The first kappa shape index (κ1) is 23.8. The molecular formula is C24H37N7O2. The van der Waals surface area contributed by atoms with Crippen molar-refractivity contribution in [3.05, 3.63) is 24.7 Å². The van der Waals surface area contributed by atoms with Crippen LogP contribution < -0.4 is 16.0 Å². The summed E-state index contributed by atoms with van der Waals surface area (Å²) in [6.45, 7) is 5.47. The third kappa shape index (κ3) is 7.31. The topological polar surface area (TPSA) is 106 Å². The van der Waals surface area contributed by atoms with Gasteiger partial charge in [0.25, 0.3) is 0 Å². The Morgan fingerprint density at radius 3 is 2.61 bits per heavy atom. The second kappa shape index (κ2) is 12.2. The molecule has 9 nitrogen and oxygen atoms in total. The van der Waals surface area contributed by atoms with Crippen molar-refractivity contribution in [3.8, 4) is 11.4 Å². The zero-order chi connectivity index (χ0) is 22.9. The number of rotatable bonds is 10. The molecule has 2 fully saturated rings. The lowest BCUT2D eigenvalue weighted by atomic mass is 9.90. The van der Waals surface area contributed by atoms with Crippen LogP contribution in [-0.2, 0) is 9.47 Å². The van der Waals surface area contributed by atoms with Gasteiger partial charge in [-0.15, -0.1) is 0 Å². The highest BCUT2D eigenvalue weighted by Crippen LogP contribution is 2.24. The number of nitrogens with zero attached hydrogens (tertiary/aromatic N) is 4. The molecule has 0 spiro atoms. The van der Waals surface area contributed by atoms with Gasteiger partial charge in [0, 0.05) is 57.3 Å². The van der Waals surface area contributed by atoms with Crippen molar-refractivity contribution in [3.63, 3.8) is 0 Å². The van der Waals surface area contributed by atoms with Gasteiger partial charge in [-0.25, -0.2) is 19.9 Å². The van der Waals surface area contributed by atoms with Crippen molar-refractivity contribution in [2.24, 2.45) is 5.92 Å². The Morgan fingerprint density at radius 2 is 1.82 bits per heavy atom. The van der Waals surface area contributed by atoms with Gasteiger partial charge in [0.15, 0.2) is 0 Å². The molecule has 9 heteroatoms. The molecule has 3 heterocycles. The van der Waals surface area contributed by atoms with E-state index >= 15 is 0 Å². The lowest BCUT2D eigenvalue weighted by Crippen LogP contribution is -2.42. The summed E-state index contributed by atoms with van der Waals surface area (Å²) in [4.78, 5) is 17.9. The Morgan fingerprint density at radius 1 is 1.03 bits per heavy atom. The number of ether oxygens (including phenoxy) is 2. The number of hydrogen-bond donors (Lipinski definition) is 3. The second-order valence-corrected chi connectivity index (χ2v) is 9.21. The molecule has 2 aliphatic rings. The van der Waals surface area contributed by atoms with E-state index in [-0.39, 0.29) is 0 Å². The summed E-state index contributed by atoms with van der Waals surface area (Å²) in [5.74, 6) is 2.09. The lowest BCUT2D eigenvalue weighted by molar-refractivity contribution is 0.0699. The van der Waals surface area contributed by atoms with E-state index in [0.717, 1.165) is 82.1 Å². The normalized spacial score (nSPS) is 22.6. The van der Waals surface area contributed by atoms with Gasteiger partial charge in [-0.1, -0.05) is 0 Å². The summed E-state index contributed by atoms with van der Waals surface area (Å²) >= 11 is 0. The molecule has 4 rings (SSSR count). The molecular weight excluding hydrogens is 418 g/mol. The van der Waals surface area contributed by atoms with Crippen molar-refractivity contribution < 1.29 is 9.47 Å². The van der Waals surface area contributed by atoms with Crippen LogP contribution in [0.2, 0.25) is 0 Å². The molecule has 1 aliphatic carbocycles. The van der Waals surface area contributed by atoms with Crippen molar-refractivity contribution >= 4 is 11.8 Å². The molecule has 2 aromatic rings. The molecule has 0 amide bonds. The van der Waals surface area contributed by atoms with Crippen LogP contribution in [0.1, 0.15) is 45.4 Å². The Kier molecular flexibility index (Phi) is 8.79.